The van der Waals surface area contributed by atoms with E-state index in [2.05, 4.69) is 54.7 Å². The van der Waals surface area contributed by atoms with E-state index < -0.39 is 0 Å². The van der Waals surface area contributed by atoms with Crippen LogP contribution < -0.4 is 5.32 Å². The molecule has 1 aliphatic carbocycles. The second-order valence-electron chi connectivity index (χ2n) is 6.44. The molecule has 0 spiro atoms. The SMILES string of the molecule is CCCNC(c1ccc2ccccc2c1)C1CCCCC1. The molecular weight excluding hydrogens is 254 g/mol. The lowest BCUT2D eigenvalue weighted by atomic mass is 9.80. The molecule has 0 radical (unpaired) electrons. The van der Waals surface area contributed by atoms with Crippen LogP contribution >= 0.6 is 0 Å². The fourth-order valence-electron chi connectivity index (χ4n) is 3.73. The van der Waals surface area contributed by atoms with E-state index in [0.29, 0.717) is 6.04 Å². The van der Waals surface area contributed by atoms with Gasteiger partial charge in [0.25, 0.3) is 0 Å². The molecule has 3 rings (SSSR count). The molecule has 112 valence electrons. The lowest BCUT2D eigenvalue weighted by Crippen LogP contribution is -2.30. The van der Waals surface area contributed by atoms with E-state index in [1.54, 1.807) is 0 Å². The van der Waals surface area contributed by atoms with E-state index >= 15 is 0 Å². The molecule has 1 saturated carbocycles. The monoisotopic (exact) mass is 281 g/mol. The number of nitrogens with one attached hydrogen (secondary N) is 1. The average molecular weight is 281 g/mol. The van der Waals surface area contributed by atoms with Crippen molar-refractivity contribution in [3.8, 4) is 0 Å². The van der Waals surface area contributed by atoms with Gasteiger partial charge in [-0.1, -0.05) is 62.6 Å². The minimum atomic E-state index is 0.537. The fourth-order valence-corrected chi connectivity index (χ4v) is 3.73. The molecule has 1 aliphatic rings. The first kappa shape index (κ1) is 14.6. The molecule has 1 nitrogen and oxygen atoms in total. The van der Waals surface area contributed by atoms with Gasteiger partial charge in [-0.2, -0.15) is 0 Å². The van der Waals surface area contributed by atoms with Gasteiger partial charge >= 0.3 is 0 Å². The highest BCUT2D eigenvalue weighted by Gasteiger charge is 2.24. The molecule has 0 heterocycles. The molecule has 0 aromatic heterocycles. The maximum absolute atomic E-state index is 3.82. The second-order valence-corrected chi connectivity index (χ2v) is 6.44. The van der Waals surface area contributed by atoms with Gasteiger partial charge in [-0.25, -0.2) is 0 Å². The zero-order valence-electron chi connectivity index (χ0n) is 13.1. The Labute approximate surface area is 128 Å². The van der Waals surface area contributed by atoms with E-state index in [1.807, 2.05) is 0 Å². The largest absolute Gasteiger partial charge is 0.310 e. The predicted molar refractivity (Wildman–Crippen MR) is 91.6 cm³/mol. The molecule has 21 heavy (non-hydrogen) atoms. The molecular formula is C20H27N. The van der Waals surface area contributed by atoms with Crippen molar-refractivity contribution in [2.75, 3.05) is 6.54 Å². The molecule has 0 aliphatic heterocycles. The number of fused-ring (bicyclic) bond motifs is 1. The highest BCUT2D eigenvalue weighted by atomic mass is 14.9. The van der Waals surface area contributed by atoms with Crippen LogP contribution in [0.15, 0.2) is 42.5 Å². The molecule has 1 fully saturated rings. The minimum Gasteiger partial charge on any atom is -0.310 e. The van der Waals surface area contributed by atoms with Gasteiger partial charge < -0.3 is 5.32 Å². The van der Waals surface area contributed by atoms with Crippen LogP contribution in [0.1, 0.15) is 57.1 Å². The van der Waals surface area contributed by atoms with Crippen molar-refractivity contribution in [3.63, 3.8) is 0 Å². The summed E-state index contributed by atoms with van der Waals surface area (Å²) < 4.78 is 0. The van der Waals surface area contributed by atoms with Crippen molar-refractivity contribution in [3.05, 3.63) is 48.0 Å². The van der Waals surface area contributed by atoms with E-state index in [-0.39, 0.29) is 0 Å². The first-order chi connectivity index (χ1) is 10.4. The first-order valence-corrected chi connectivity index (χ1v) is 8.60. The second kappa shape index (κ2) is 7.09. The Hall–Kier alpha value is -1.34. The topological polar surface area (TPSA) is 12.0 Å². The molecule has 1 N–H and O–H groups in total. The number of hydrogen-bond acceptors (Lipinski definition) is 1. The lowest BCUT2D eigenvalue weighted by molar-refractivity contribution is 0.272. The Morgan fingerprint density at radius 1 is 1.00 bits per heavy atom. The van der Waals surface area contributed by atoms with Crippen LogP contribution in [0.2, 0.25) is 0 Å². The third-order valence-corrected chi connectivity index (χ3v) is 4.87. The van der Waals surface area contributed by atoms with Crippen molar-refractivity contribution < 1.29 is 0 Å². The minimum absolute atomic E-state index is 0.537. The van der Waals surface area contributed by atoms with Crippen LogP contribution in [0.3, 0.4) is 0 Å². The predicted octanol–water partition coefficient (Wildman–Crippen LogP) is 5.46. The normalized spacial score (nSPS) is 18.0. The zero-order valence-corrected chi connectivity index (χ0v) is 13.1. The molecule has 2 aromatic rings. The van der Waals surface area contributed by atoms with Gasteiger partial charge in [-0.05, 0) is 54.1 Å². The van der Waals surface area contributed by atoms with Crippen LogP contribution in [0.25, 0.3) is 10.8 Å². The van der Waals surface area contributed by atoms with Crippen molar-refractivity contribution in [1.29, 1.82) is 0 Å². The van der Waals surface area contributed by atoms with E-state index in [0.717, 1.165) is 12.5 Å². The Bertz CT molecular complexity index is 569. The van der Waals surface area contributed by atoms with E-state index in [4.69, 9.17) is 0 Å². The zero-order chi connectivity index (χ0) is 14.5. The van der Waals surface area contributed by atoms with Crippen molar-refractivity contribution in [2.24, 2.45) is 5.92 Å². The summed E-state index contributed by atoms with van der Waals surface area (Å²) in [7, 11) is 0. The third-order valence-electron chi connectivity index (χ3n) is 4.87. The first-order valence-electron chi connectivity index (χ1n) is 8.60. The number of hydrogen-bond donors (Lipinski definition) is 1. The van der Waals surface area contributed by atoms with Gasteiger partial charge in [0.05, 0.1) is 0 Å². The molecule has 1 unspecified atom stereocenters. The quantitative estimate of drug-likeness (QED) is 0.767. The van der Waals surface area contributed by atoms with E-state index in [9.17, 15) is 0 Å². The molecule has 0 saturated heterocycles. The molecule has 2 aromatic carbocycles. The summed E-state index contributed by atoms with van der Waals surface area (Å²) in [6, 6.07) is 16.3. The highest BCUT2D eigenvalue weighted by molar-refractivity contribution is 5.83. The third kappa shape index (κ3) is 3.47. The van der Waals surface area contributed by atoms with E-state index in [1.165, 1.54) is 54.9 Å². The highest BCUT2D eigenvalue weighted by Crippen LogP contribution is 2.35. The van der Waals surface area contributed by atoms with Crippen LogP contribution in [0, 0.1) is 5.92 Å². The van der Waals surface area contributed by atoms with Gasteiger partial charge in [-0.15, -0.1) is 0 Å². The van der Waals surface area contributed by atoms with Crippen LogP contribution in [-0.2, 0) is 0 Å². The van der Waals surface area contributed by atoms with Crippen molar-refractivity contribution in [2.45, 2.75) is 51.5 Å². The summed E-state index contributed by atoms with van der Waals surface area (Å²) in [5.74, 6) is 0.812. The van der Waals surface area contributed by atoms with Crippen LogP contribution in [-0.4, -0.2) is 6.54 Å². The molecule has 0 amide bonds. The summed E-state index contributed by atoms with van der Waals surface area (Å²) in [6.07, 6.45) is 8.21. The Kier molecular flexibility index (Phi) is 4.92. The maximum atomic E-state index is 3.82. The van der Waals surface area contributed by atoms with Gasteiger partial charge in [0.1, 0.15) is 0 Å². The van der Waals surface area contributed by atoms with Crippen molar-refractivity contribution >= 4 is 10.8 Å². The Balaban J connectivity index is 1.88. The molecule has 1 atom stereocenters. The average Bonchev–Trinajstić information content (AvgIpc) is 2.56. The van der Waals surface area contributed by atoms with Crippen molar-refractivity contribution in [1.82, 2.24) is 5.32 Å². The number of rotatable bonds is 5. The summed E-state index contributed by atoms with van der Waals surface area (Å²) in [5.41, 5.74) is 1.48. The van der Waals surface area contributed by atoms with Gasteiger partial charge in [-0.3, -0.25) is 0 Å². The standard InChI is InChI=1S/C20H27N/c1-2-14-21-20(17-9-4-3-5-10-17)19-13-12-16-8-6-7-11-18(16)15-19/h6-8,11-13,15,17,20-21H,2-5,9-10,14H2,1H3. The van der Waals surface area contributed by atoms with Gasteiger partial charge in [0.2, 0.25) is 0 Å². The van der Waals surface area contributed by atoms with Gasteiger partial charge in [0.15, 0.2) is 0 Å². The fraction of sp³-hybridized carbons (Fsp3) is 0.500. The maximum Gasteiger partial charge on any atom is 0.0348 e. The van der Waals surface area contributed by atoms with Crippen LogP contribution in [0.4, 0.5) is 0 Å². The molecule has 1 heteroatoms. The summed E-state index contributed by atoms with van der Waals surface area (Å²) >= 11 is 0. The van der Waals surface area contributed by atoms with Gasteiger partial charge in [0, 0.05) is 6.04 Å². The molecule has 0 bridgehead atoms. The van der Waals surface area contributed by atoms with Crippen LogP contribution in [0.5, 0.6) is 0 Å². The Morgan fingerprint density at radius 3 is 2.52 bits per heavy atom. The summed E-state index contributed by atoms with van der Waals surface area (Å²) in [4.78, 5) is 0. The summed E-state index contributed by atoms with van der Waals surface area (Å²) in [6.45, 7) is 3.37. The lowest BCUT2D eigenvalue weighted by Gasteiger charge is -2.31. The smallest absolute Gasteiger partial charge is 0.0348 e. The number of benzene rings is 2. The Morgan fingerprint density at radius 2 is 1.76 bits per heavy atom. The summed E-state index contributed by atoms with van der Waals surface area (Å²) in [5, 5.41) is 6.54.